The van der Waals surface area contributed by atoms with Crippen LogP contribution in [0, 0.1) is 0 Å². The lowest BCUT2D eigenvalue weighted by molar-refractivity contribution is -0.134. The molecule has 1 aliphatic carbocycles. The predicted octanol–water partition coefficient (Wildman–Crippen LogP) is 4.61. The van der Waals surface area contributed by atoms with Crippen molar-refractivity contribution < 1.29 is 24.5 Å². The summed E-state index contributed by atoms with van der Waals surface area (Å²) in [7, 11) is 2.29. The van der Waals surface area contributed by atoms with Crippen LogP contribution in [-0.2, 0) is 14.3 Å². The summed E-state index contributed by atoms with van der Waals surface area (Å²) in [5, 5.41) is 15.6. The fourth-order valence-electron chi connectivity index (χ4n) is 5.10. The Balaban J connectivity index is 0.000000281. The van der Waals surface area contributed by atoms with E-state index in [1.54, 1.807) is 0 Å². The molecule has 2 aromatic carbocycles. The highest BCUT2D eigenvalue weighted by atomic mass is 16.5. The van der Waals surface area contributed by atoms with E-state index in [2.05, 4.69) is 72.6 Å². The first-order valence-electron chi connectivity index (χ1n) is 11.3. The van der Waals surface area contributed by atoms with E-state index >= 15 is 0 Å². The maximum atomic E-state index is 9.55. The number of carbonyl (C=O) groups is 2. The average Bonchev–Trinajstić information content (AvgIpc) is 2.97. The quantitative estimate of drug-likeness (QED) is 0.666. The predicted molar refractivity (Wildman–Crippen MR) is 127 cm³/mol. The number of aliphatic carboxylic acids is 2. The molecule has 0 aromatic heterocycles. The molecule has 3 aliphatic rings. The van der Waals surface area contributed by atoms with Crippen LogP contribution in [0.1, 0.15) is 54.0 Å². The molecular formula is C27H29NO5. The van der Waals surface area contributed by atoms with Gasteiger partial charge in [-0.05, 0) is 55.0 Å². The number of carboxylic acids is 2. The summed E-state index contributed by atoms with van der Waals surface area (Å²) in [5.41, 5.74) is 5.16. The summed E-state index contributed by atoms with van der Waals surface area (Å²) < 4.78 is 6.83. The monoisotopic (exact) mass is 447 g/mol. The van der Waals surface area contributed by atoms with Gasteiger partial charge in [0, 0.05) is 24.2 Å². The van der Waals surface area contributed by atoms with Gasteiger partial charge in [0.25, 0.3) is 0 Å². The van der Waals surface area contributed by atoms with Crippen molar-refractivity contribution in [3.05, 3.63) is 82.9 Å². The molecule has 2 heterocycles. The largest absolute Gasteiger partial charge is 0.478 e. The van der Waals surface area contributed by atoms with E-state index in [0.29, 0.717) is 30.3 Å². The second kappa shape index (κ2) is 10.1. The van der Waals surface area contributed by atoms with E-state index in [1.165, 1.54) is 47.9 Å². The van der Waals surface area contributed by atoms with Crippen LogP contribution in [0.4, 0.5) is 0 Å². The number of nitrogens with zero attached hydrogens (tertiary/aromatic N) is 1. The minimum atomic E-state index is -1.26. The van der Waals surface area contributed by atoms with Crippen molar-refractivity contribution in [1.82, 2.24) is 4.90 Å². The molecule has 2 N–H and O–H groups in total. The third-order valence-corrected chi connectivity index (χ3v) is 6.75. The summed E-state index contributed by atoms with van der Waals surface area (Å²) in [6, 6.07) is 18.8. The van der Waals surface area contributed by atoms with Gasteiger partial charge in [-0.3, -0.25) is 0 Å². The first kappa shape index (κ1) is 23.0. The highest BCUT2D eigenvalue weighted by molar-refractivity contribution is 5.89. The molecule has 2 bridgehead atoms. The molecule has 2 aliphatic heterocycles. The van der Waals surface area contributed by atoms with Crippen LogP contribution >= 0.6 is 0 Å². The molecule has 172 valence electrons. The molecular weight excluding hydrogens is 418 g/mol. The summed E-state index contributed by atoms with van der Waals surface area (Å²) >= 11 is 0. The molecule has 2 atom stereocenters. The van der Waals surface area contributed by atoms with Gasteiger partial charge in [0.15, 0.2) is 0 Å². The van der Waals surface area contributed by atoms with Gasteiger partial charge in [0.05, 0.1) is 6.10 Å². The summed E-state index contributed by atoms with van der Waals surface area (Å²) in [6.07, 6.45) is 11.0. The van der Waals surface area contributed by atoms with Gasteiger partial charge in [-0.15, -0.1) is 0 Å². The molecule has 0 amide bonds. The second-order valence-electron chi connectivity index (χ2n) is 8.76. The van der Waals surface area contributed by atoms with Gasteiger partial charge < -0.3 is 19.8 Å². The lowest BCUT2D eigenvalue weighted by Crippen LogP contribution is -2.43. The topological polar surface area (TPSA) is 87.1 Å². The van der Waals surface area contributed by atoms with Crippen molar-refractivity contribution in [2.45, 2.75) is 50.0 Å². The normalized spacial score (nSPS) is 23.8. The molecule has 2 aromatic rings. The number of benzene rings is 2. The number of hydrogen-bond acceptors (Lipinski definition) is 4. The molecule has 2 unspecified atom stereocenters. The number of hydrogen-bond donors (Lipinski definition) is 2. The Bertz CT molecular complexity index is 996. The Morgan fingerprint density at radius 2 is 1.30 bits per heavy atom. The van der Waals surface area contributed by atoms with Crippen LogP contribution in [0.25, 0.3) is 12.2 Å². The van der Waals surface area contributed by atoms with Gasteiger partial charge in [0.1, 0.15) is 6.10 Å². The molecule has 0 spiro atoms. The fraction of sp³-hybridized carbons (Fsp3) is 0.333. The van der Waals surface area contributed by atoms with Gasteiger partial charge in [-0.1, -0.05) is 60.7 Å². The minimum Gasteiger partial charge on any atom is -0.478 e. The third kappa shape index (κ3) is 5.41. The fourth-order valence-corrected chi connectivity index (χ4v) is 5.10. The first-order valence-corrected chi connectivity index (χ1v) is 11.3. The van der Waals surface area contributed by atoms with Crippen molar-refractivity contribution in [1.29, 1.82) is 0 Å². The van der Waals surface area contributed by atoms with Crippen LogP contribution < -0.4 is 0 Å². The van der Waals surface area contributed by atoms with Crippen LogP contribution in [0.3, 0.4) is 0 Å². The number of piperidine rings is 1. The van der Waals surface area contributed by atoms with Gasteiger partial charge in [0.2, 0.25) is 0 Å². The lowest BCUT2D eigenvalue weighted by Gasteiger charge is -2.38. The van der Waals surface area contributed by atoms with Gasteiger partial charge in [-0.25, -0.2) is 9.59 Å². The minimum absolute atomic E-state index is 0.0372. The van der Waals surface area contributed by atoms with E-state index in [0.717, 1.165) is 0 Å². The summed E-state index contributed by atoms with van der Waals surface area (Å²) in [5.74, 6) is -2.51. The molecule has 5 rings (SSSR count). The molecule has 2 saturated heterocycles. The van der Waals surface area contributed by atoms with Crippen LogP contribution in [0.5, 0.6) is 0 Å². The highest BCUT2D eigenvalue weighted by Gasteiger charge is 2.40. The number of ether oxygens (including phenoxy) is 1. The summed E-state index contributed by atoms with van der Waals surface area (Å²) in [6.45, 7) is 0. The zero-order valence-corrected chi connectivity index (χ0v) is 18.6. The van der Waals surface area contributed by atoms with E-state index in [1.807, 2.05) is 0 Å². The zero-order chi connectivity index (χ0) is 23.4. The Hall–Kier alpha value is -3.22. The first-order chi connectivity index (χ1) is 15.9. The summed E-state index contributed by atoms with van der Waals surface area (Å²) in [4.78, 5) is 21.7. The standard InChI is InChI=1S/C23H25NO.C4H4O4/c1-24-18-12-13-19(24)15-20(14-18)25-23-21-8-4-2-6-16(21)10-11-17-7-3-5-9-22(17)23;5-3(6)1-2-4(7)8/h2-11,18-20,23H,12-15H2,1H3;1-2H,(H,5,6)(H,7,8)/b;2-1+. The maximum Gasteiger partial charge on any atom is 0.328 e. The Labute approximate surface area is 193 Å². The van der Waals surface area contributed by atoms with Crippen molar-refractivity contribution >= 4 is 24.1 Å². The van der Waals surface area contributed by atoms with Crippen molar-refractivity contribution in [2.24, 2.45) is 0 Å². The zero-order valence-electron chi connectivity index (χ0n) is 18.6. The molecule has 0 saturated carbocycles. The van der Waals surface area contributed by atoms with Crippen molar-refractivity contribution in [2.75, 3.05) is 7.05 Å². The maximum absolute atomic E-state index is 9.55. The van der Waals surface area contributed by atoms with Crippen LogP contribution in [0.2, 0.25) is 0 Å². The van der Waals surface area contributed by atoms with E-state index in [9.17, 15) is 9.59 Å². The molecule has 0 radical (unpaired) electrons. The number of rotatable bonds is 4. The van der Waals surface area contributed by atoms with Crippen LogP contribution in [-0.4, -0.2) is 52.3 Å². The van der Waals surface area contributed by atoms with E-state index in [4.69, 9.17) is 14.9 Å². The van der Waals surface area contributed by atoms with Crippen molar-refractivity contribution in [3.8, 4) is 0 Å². The molecule has 2 fully saturated rings. The third-order valence-electron chi connectivity index (χ3n) is 6.75. The van der Waals surface area contributed by atoms with Crippen LogP contribution in [0.15, 0.2) is 60.7 Å². The van der Waals surface area contributed by atoms with Gasteiger partial charge in [-0.2, -0.15) is 0 Å². The van der Waals surface area contributed by atoms with E-state index in [-0.39, 0.29) is 6.10 Å². The van der Waals surface area contributed by atoms with E-state index < -0.39 is 11.9 Å². The number of fused-ring (bicyclic) bond motifs is 4. The smallest absolute Gasteiger partial charge is 0.328 e. The number of carboxylic acid groups (broad SMARTS) is 2. The molecule has 6 nitrogen and oxygen atoms in total. The average molecular weight is 448 g/mol. The molecule has 33 heavy (non-hydrogen) atoms. The highest BCUT2D eigenvalue weighted by Crippen LogP contribution is 2.41. The molecule has 6 heteroatoms. The lowest BCUT2D eigenvalue weighted by atomic mass is 9.95. The van der Waals surface area contributed by atoms with Gasteiger partial charge >= 0.3 is 11.9 Å². The Morgan fingerprint density at radius 3 is 1.76 bits per heavy atom. The SMILES string of the molecule is CN1C2CCC1CC(OC1c3ccccc3C=Cc3ccccc31)C2.O=C(O)/C=C/C(=O)O. The second-order valence-corrected chi connectivity index (χ2v) is 8.76. The Kier molecular flexibility index (Phi) is 7.06. The van der Waals surface area contributed by atoms with Crippen molar-refractivity contribution in [3.63, 3.8) is 0 Å². The Morgan fingerprint density at radius 1 is 0.848 bits per heavy atom.